The Labute approximate surface area is 256 Å². The third-order valence-corrected chi connectivity index (χ3v) is 7.45. The van der Waals surface area contributed by atoms with Crippen molar-refractivity contribution in [2.24, 2.45) is 4.99 Å². The molecule has 0 saturated carbocycles. The number of pyridine rings is 2. The van der Waals surface area contributed by atoms with Crippen LogP contribution >= 0.6 is 0 Å². The molecule has 4 rings (SSSR count). The van der Waals surface area contributed by atoms with Crippen molar-refractivity contribution in [1.29, 1.82) is 0 Å². The highest BCUT2D eigenvalue weighted by Gasteiger charge is 2.31. The van der Waals surface area contributed by atoms with Crippen LogP contribution < -0.4 is 10.4 Å². The predicted octanol–water partition coefficient (Wildman–Crippen LogP) is 6.93. The summed E-state index contributed by atoms with van der Waals surface area (Å²) in [6, 6.07) is 8.32. The molecule has 3 aromatic rings. The molecule has 4 heterocycles. The number of allylic oxidation sites excluding steroid dienone is 1. The molecular formula is C34H50N6O3. The molecule has 0 N–H and O–H groups in total. The summed E-state index contributed by atoms with van der Waals surface area (Å²) in [4.78, 5) is 34.8. The van der Waals surface area contributed by atoms with Crippen molar-refractivity contribution >= 4 is 28.9 Å². The van der Waals surface area contributed by atoms with Crippen molar-refractivity contribution in [3.05, 3.63) is 64.0 Å². The Kier molecular flexibility index (Phi) is 10.6. The summed E-state index contributed by atoms with van der Waals surface area (Å²) in [5.41, 5.74) is 7.90. The number of piperazine rings is 1. The van der Waals surface area contributed by atoms with E-state index >= 15 is 0 Å². The Morgan fingerprint density at radius 1 is 1.05 bits per heavy atom. The monoisotopic (exact) mass is 590 g/mol. The van der Waals surface area contributed by atoms with E-state index in [-0.39, 0.29) is 18.0 Å². The molecule has 234 valence electrons. The number of ether oxygens (including phenoxy) is 1. The minimum absolute atomic E-state index is 0.0406. The first kappa shape index (κ1) is 33.6. The minimum atomic E-state index is -0.539. The van der Waals surface area contributed by atoms with E-state index in [1.807, 2.05) is 73.0 Å². The van der Waals surface area contributed by atoms with Crippen LogP contribution in [0.5, 0.6) is 0 Å². The van der Waals surface area contributed by atoms with Gasteiger partial charge in [0.2, 0.25) is 5.91 Å². The van der Waals surface area contributed by atoms with Crippen LogP contribution in [0.15, 0.2) is 41.0 Å². The van der Waals surface area contributed by atoms with Gasteiger partial charge in [0.15, 0.2) is 0 Å². The number of hydrogen-bond donors (Lipinski definition) is 0. The van der Waals surface area contributed by atoms with Gasteiger partial charge in [-0.1, -0.05) is 20.8 Å². The number of amides is 1. The number of fused-ring (bicyclic) bond motifs is 1. The van der Waals surface area contributed by atoms with Crippen LogP contribution in [0.3, 0.4) is 0 Å². The first-order valence-electron chi connectivity index (χ1n) is 15.4. The summed E-state index contributed by atoms with van der Waals surface area (Å²) >= 11 is 0. The minimum Gasteiger partial charge on any atom is -0.444 e. The van der Waals surface area contributed by atoms with E-state index in [4.69, 9.17) is 9.73 Å². The van der Waals surface area contributed by atoms with E-state index in [9.17, 15) is 9.59 Å². The van der Waals surface area contributed by atoms with Crippen LogP contribution in [-0.2, 0) is 4.74 Å². The lowest BCUT2D eigenvalue weighted by molar-refractivity contribution is 0.0159. The van der Waals surface area contributed by atoms with Gasteiger partial charge in [-0.3, -0.25) is 9.36 Å². The fraction of sp³-hybridized carbons (Fsp3) is 0.529. The fourth-order valence-electron chi connectivity index (χ4n) is 5.25. The second-order valence-corrected chi connectivity index (χ2v) is 12.2. The zero-order chi connectivity index (χ0) is 32.2. The van der Waals surface area contributed by atoms with Gasteiger partial charge in [0.1, 0.15) is 11.1 Å². The zero-order valence-electron chi connectivity index (χ0n) is 28.2. The highest BCUT2D eigenvalue weighted by molar-refractivity contribution is 5.78. The molecule has 43 heavy (non-hydrogen) atoms. The third-order valence-electron chi connectivity index (χ3n) is 7.45. The van der Waals surface area contributed by atoms with Crippen LogP contribution in [0.4, 0.5) is 10.5 Å². The normalized spacial score (nSPS) is 16.6. The molecule has 1 amide bonds. The Bertz CT molecular complexity index is 1590. The molecule has 0 aromatic carbocycles. The summed E-state index contributed by atoms with van der Waals surface area (Å²) in [5.74, 6) is -0.110. The average molecular weight is 591 g/mol. The molecule has 1 saturated heterocycles. The number of carbonyl (C=O) groups is 2. The summed E-state index contributed by atoms with van der Waals surface area (Å²) in [6.07, 6.45) is 2.41. The molecule has 0 aliphatic carbocycles. The molecule has 0 bridgehead atoms. The largest absolute Gasteiger partial charge is 0.444 e. The maximum absolute atomic E-state index is 13.0. The summed E-state index contributed by atoms with van der Waals surface area (Å²) in [6.45, 7) is 25.3. The lowest BCUT2D eigenvalue weighted by Crippen LogP contribution is -2.55. The van der Waals surface area contributed by atoms with Gasteiger partial charge in [-0.05, 0) is 97.2 Å². The van der Waals surface area contributed by atoms with E-state index in [0.717, 1.165) is 51.4 Å². The summed E-state index contributed by atoms with van der Waals surface area (Å²) in [5, 5.41) is 4.59. The van der Waals surface area contributed by atoms with Crippen LogP contribution in [0, 0.1) is 20.8 Å². The molecule has 0 spiro atoms. The number of aromatic nitrogens is 3. The molecule has 0 radical (unpaired) electrons. The highest BCUT2D eigenvalue weighted by Crippen LogP contribution is 2.26. The number of carbonyl (C=O) groups excluding carboxylic acids is 2. The standard InChI is InChI=1S/C32H44N6O3.C2H6/c1-11-20(2)29(26-16-23(5)38-27(17-26)15-22(4)34-38)33-30-21(3)14-28(19-37(30)25(7)39)35-12-13-36(24(6)18-35)31(40)41-32(8,9)10;1-2/h14-17,19,24H,11-13,18H2,1-10H3;1-2H3/b29-20+,33-30?;. The second kappa shape index (κ2) is 13.6. The Morgan fingerprint density at radius 2 is 1.72 bits per heavy atom. The van der Waals surface area contributed by atoms with Gasteiger partial charge in [-0.15, -0.1) is 0 Å². The van der Waals surface area contributed by atoms with Crippen molar-refractivity contribution in [2.75, 3.05) is 24.5 Å². The first-order valence-corrected chi connectivity index (χ1v) is 15.4. The molecule has 1 aliphatic rings. The summed E-state index contributed by atoms with van der Waals surface area (Å²) in [7, 11) is 0. The molecule has 3 aromatic heterocycles. The number of nitrogens with zero attached hydrogens (tertiary/aromatic N) is 6. The van der Waals surface area contributed by atoms with Crippen molar-refractivity contribution in [1.82, 2.24) is 19.1 Å². The molecule has 9 heteroatoms. The van der Waals surface area contributed by atoms with Gasteiger partial charge in [0, 0.05) is 50.1 Å². The average Bonchev–Trinajstić information content (AvgIpc) is 3.32. The van der Waals surface area contributed by atoms with Gasteiger partial charge in [-0.25, -0.2) is 14.3 Å². The predicted molar refractivity (Wildman–Crippen MR) is 175 cm³/mol. The Hall–Kier alpha value is -3.88. The van der Waals surface area contributed by atoms with Gasteiger partial charge in [0.25, 0.3) is 0 Å². The van der Waals surface area contributed by atoms with Crippen LogP contribution in [0.2, 0.25) is 0 Å². The maximum Gasteiger partial charge on any atom is 0.410 e. The fourth-order valence-corrected chi connectivity index (χ4v) is 5.25. The van der Waals surface area contributed by atoms with Gasteiger partial charge in [0.05, 0.1) is 22.6 Å². The van der Waals surface area contributed by atoms with Crippen LogP contribution in [0.25, 0.3) is 11.2 Å². The molecule has 9 nitrogen and oxygen atoms in total. The number of rotatable bonds is 4. The van der Waals surface area contributed by atoms with Crippen molar-refractivity contribution < 1.29 is 14.3 Å². The smallest absolute Gasteiger partial charge is 0.410 e. The lowest BCUT2D eigenvalue weighted by Gasteiger charge is -2.41. The van der Waals surface area contributed by atoms with Gasteiger partial charge >= 0.3 is 6.09 Å². The maximum atomic E-state index is 13.0. The van der Waals surface area contributed by atoms with Crippen molar-refractivity contribution in [2.45, 2.75) is 101 Å². The van der Waals surface area contributed by atoms with Crippen molar-refractivity contribution in [3.8, 4) is 0 Å². The molecular weight excluding hydrogens is 540 g/mol. The molecule has 1 atom stereocenters. The SMILES string of the molecule is CC.CC/C(C)=C(/N=c1c(C)cc(N2CCN(C(=O)OC(C)(C)C)C(C)C2)cn1C(C)=O)c1cc(C)n2nc(C)cc2c1. The molecule has 1 fully saturated rings. The Morgan fingerprint density at radius 3 is 2.30 bits per heavy atom. The Balaban J connectivity index is 0.00000248. The van der Waals surface area contributed by atoms with E-state index in [1.54, 1.807) is 16.4 Å². The third kappa shape index (κ3) is 7.75. The topological polar surface area (TPSA) is 84.4 Å². The van der Waals surface area contributed by atoms with E-state index < -0.39 is 5.60 Å². The summed E-state index contributed by atoms with van der Waals surface area (Å²) < 4.78 is 9.19. The van der Waals surface area contributed by atoms with E-state index in [2.05, 4.69) is 48.1 Å². The lowest BCUT2D eigenvalue weighted by atomic mass is 10.1. The van der Waals surface area contributed by atoms with Crippen LogP contribution in [-0.4, -0.2) is 62.4 Å². The molecule has 1 aliphatic heterocycles. The van der Waals surface area contributed by atoms with E-state index in [1.165, 1.54) is 0 Å². The number of anilines is 1. The van der Waals surface area contributed by atoms with Gasteiger partial charge < -0.3 is 14.5 Å². The van der Waals surface area contributed by atoms with E-state index in [0.29, 0.717) is 25.1 Å². The van der Waals surface area contributed by atoms with Crippen LogP contribution in [0.1, 0.15) is 96.0 Å². The number of aryl methyl sites for hydroxylation is 3. The van der Waals surface area contributed by atoms with Crippen molar-refractivity contribution in [3.63, 3.8) is 0 Å². The first-order chi connectivity index (χ1) is 20.2. The second-order valence-electron chi connectivity index (χ2n) is 12.2. The quantitative estimate of drug-likeness (QED) is 0.329. The zero-order valence-corrected chi connectivity index (χ0v) is 28.2. The van der Waals surface area contributed by atoms with Gasteiger partial charge in [-0.2, -0.15) is 5.10 Å². The number of hydrogen-bond acceptors (Lipinski definition) is 6. The highest BCUT2D eigenvalue weighted by atomic mass is 16.6. The molecule has 1 unspecified atom stereocenters.